The number of nitrogens with zero attached hydrogens (tertiary/aromatic N) is 4. The number of likely N-dealkylation sites (tertiary alicyclic amines) is 1. The number of aromatic nitrogens is 3. The van der Waals surface area contributed by atoms with Crippen LogP contribution in [-0.2, 0) is 17.7 Å². The van der Waals surface area contributed by atoms with Gasteiger partial charge < -0.3 is 14.4 Å². The molecule has 39 heavy (non-hydrogen) atoms. The normalized spacial score (nSPS) is 14.2. The molecule has 1 fully saturated rings. The molecule has 5 rings (SSSR count). The van der Waals surface area contributed by atoms with Gasteiger partial charge in [-0.15, -0.1) is 5.10 Å². The molecule has 0 unspecified atom stereocenters. The minimum Gasteiger partial charge on any atom is -0.490 e. The van der Waals surface area contributed by atoms with E-state index in [0.29, 0.717) is 17.8 Å². The number of rotatable bonds is 9. The highest BCUT2D eigenvalue weighted by molar-refractivity contribution is 5.95. The van der Waals surface area contributed by atoms with Crippen molar-refractivity contribution < 1.29 is 19.1 Å². The Hall–Kier alpha value is -4.30. The van der Waals surface area contributed by atoms with Crippen molar-refractivity contribution in [1.29, 1.82) is 0 Å². The van der Waals surface area contributed by atoms with Crippen LogP contribution < -0.4 is 4.74 Å². The van der Waals surface area contributed by atoms with E-state index in [4.69, 9.17) is 9.47 Å². The zero-order chi connectivity index (χ0) is 27.2. The monoisotopic (exact) mass is 524 g/mol. The van der Waals surface area contributed by atoms with Crippen molar-refractivity contribution >= 4 is 11.8 Å². The standard InChI is InChI=1S/C31H32N4O4/c1-34-17-15-28(16-18-34)39-27-13-11-25(12-14-27)24-7-3-22(4-8-24)19-30(36)29-21-35(33-32-29)20-23-5-9-26(10-6-23)31(37)38-2/h3-14,21,28H,15-20H2,1-2H3. The number of carbonyl (C=O) groups excluding carboxylic acids is 2. The molecular formula is C31H32N4O4. The fraction of sp³-hybridized carbons (Fsp3) is 0.290. The van der Waals surface area contributed by atoms with Crippen LogP contribution in [0.3, 0.4) is 0 Å². The van der Waals surface area contributed by atoms with Gasteiger partial charge in [0.2, 0.25) is 0 Å². The van der Waals surface area contributed by atoms with Crippen molar-refractivity contribution in [2.75, 3.05) is 27.2 Å². The van der Waals surface area contributed by atoms with Crippen LogP contribution in [0.15, 0.2) is 79.0 Å². The number of Topliss-reactive ketones (excluding diaryl/α,β-unsaturated/α-hetero) is 1. The molecule has 2 heterocycles. The van der Waals surface area contributed by atoms with Crippen LogP contribution in [-0.4, -0.2) is 65.0 Å². The lowest BCUT2D eigenvalue weighted by atomic mass is 10.0. The summed E-state index contributed by atoms with van der Waals surface area (Å²) in [7, 11) is 3.50. The second-order valence-electron chi connectivity index (χ2n) is 9.93. The Bertz CT molecular complexity index is 1400. The first kappa shape index (κ1) is 26.3. The number of piperidine rings is 1. The molecule has 8 heteroatoms. The third-order valence-electron chi connectivity index (χ3n) is 7.02. The molecule has 1 saturated heterocycles. The molecule has 4 aromatic rings. The summed E-state index contributed by atoms with van der Waals surface area (Å²) in [6.45, 7) is 2.59. The predicted molar refractivity (Wildman–Crippen MR) is 148 cm³/mol. The van der Waals surface area contributed by atoms with E-state index < -0.39 is 0 Å². The van der Waals surface area contributed by atoms with E-state index in [1.165, 1.54) is 7.11 Å². The molecule has 0 aliphatic carbocycles. The highest BCUT2D eigenvalue weighted by atomic mass is 16.5. The topological polar surface area (TPSA) is 86.5 Å². The SMILES string of the molecule is COC(=O)c1ccc(Cn2cc(C(=O)Cc3ccc(-c4ccc(OC5CCN(C)CC5)cc4)cc3)nn2)cc1. The third-order valence-corrected chi connectivity index (χ3v) is 7.02. The minimum atomic E-state index is -0.380. The first-order valence-electron chi connectivity index (χ1n) is 13.1. The maximum atomic E-state index is 12.8. The lowest BCUT2D eigenvalue weighted by molar-refractivity contribution is 0.0600. The van der Waals surface area contributed by atoms with Gasteiger partial charge in [0.25, 0.3) is 0 Å². The highest BCUT2D eigenvalue weighted by Gasteiger charge is 2.18. The second-order valence-corrected chi connectivity index (χ2v) is 9.93. The first-order valence-corrected chi connectivity index (χ1v) is 13.1. The van der Waals surface area contributed by atoms with Gasteiger partial charge in [-0.25, -0.2) is 9.48 Å². The Balaban J connectivity index is 1.15. The average Bonchev–Trinajstić information content (AvgIpc) is 3.44. The summed E-state index contributed by atoms with van der Waals surface area (Å²) in [5.74, 6) is 0.432. The summed E-state index contributed by atoms with van der Waals surface area (Å²) in [6, 6.07) is 23.3. The number of ether oxygens (including phenoxy) is 2. The van der Waals surface area contributed by atoms with Gasteiger partial charge in [-0.3, -0.25) is 4.79 Å². The van der Waals surface area contributed by atoms with E-state index in [1.54, 1.807) is 23.0 Å². The molecule has 200 valence electrons. The molecule has 1 aliphatic rings. The lowest BCUT2D eigenvalue weighted by Gasteiger charge is -2.29. The molecule has 0 saturated carbocycles. The maximum absolute atomic E-state index is 12.8. The van der Waals surface area contributed by atoms with Crippen molar-refractivity contribution in [3.8, 4) is 16.9 Å². The molecule has 0 radical (unpaired) electrons. The molecule has 8 nitrogen and oxygen atoms in total. The van der Waals surface area contributed by atoms with E-state index >= 15 is 0 Å². The summed E-state index contributed by atoms with van der Waals surface area (Å²) < 4.78 is 12.5. The van der Waals surface area contributed by atoms with Gasteiger partial charge in [0, 0.05) is 19.5 Å². The van der Waals surface area contributed by atoms with Crippen molar-refractivity contribution in [2.45, 2.75) is 31.9 Å². The van der Waals surface area contributed by atoms with Gasteiger partial charge in [-0.2, -0.15) is 0 Å². The van der Waals surface area contributed by atoms with Crippen molar-refractivity contribution in [3.63, 3.8) is 0 Å². The summed E-state index contributed by atoms with van der Waals surface area (Å²) in [5.41, 5.74) is 4.84. The largest absolute Gasteiger partial charge is 0.490 e. The summed E-state index contributed by atoms with van der Waals surface area (Å²) in [4.78, 5) is 26.7. The van der Waals surface area contributed by atoms with E-state index in [-0.39, 0.29) is 24.3 Å². The number of hydrogen-bond acceptors (Lipinski definition) is 7. The Morgan fingerprint density at radius 3 is 2.13 bits per heavy atom. The molecule has 0 bridgehead atoms. The minimum absolute atomic E-state index is 0.0922. The zero-order valence-electron chi connectivity index (χ0n) is 22.2. The van der Waals surface area contributed by atoms with Crippen LogP contribution in [0.25, 0.3) is 11.1 Å². The number of carbonyl (C=O) groups is 2. The predicted octanol–water partition coefficient (Wildman–Crippen LogP) is 4.68. The third kappa shape index (κ3) is 6.78. The highest BCUT2D eigenvalue weighted by Crippen LogP contribution is 2.25. The van der Waals surface area contributed by atoms with Gasteiger partial charge in [0.05, 0.1) is 25.4 Å². The molecule has 1 aromatic heterocycles. The van der Waals surface area contributed by atoms with Crippen LogP contribution in [0.1, 0.15) is 44.8 Å². The number of ketones is 1. The molecule has 3 aromatic carbocycles. The summed E-state index contributed by atoms with van der Waals surface area (Å²) in [5, 5.41) is 8.15. The fourth-order valence-corrected chi connectivity index (χ4v) is 4.67. The lowest BCUT2D eigenvalue weighted by Crippen LogP contribution is -2.35. The summed E-state index contributed by atoms with van der Waals surface area (Å²) in [6.07, 6.45) is 4.29. The molecule has 0 spiro atoms. The Morgan fingerprint density at radius 2 is 1.49 bits per heavy atom. The molecule has 0 amide bonds. The maximum Gasteiger partial charge on any atom is 0.337 e. The number of esters is 1. The molecule has 1 aliphatic heterocycles. The average molecular weight is 525 g/mol. The van der Waals surface area contributed by atoms with Gasteiger partial charge in [0.15, 0.2) is 5.78 Å². The van der Waals surface area contributed by atoms with Crippen molar-refractivity contribution in [1.82, 2.24) is 19.9 Å². The Kier molecular flexibility index (Phi) is 8.13. The van der Waals surface area contributed by atoms with Gasteiger partial charge in [-0.1, -0.05) is 53.7 Å². The van der Waals surface area contributed by atoms with Crippen LogP contribution in [0.4, 0.5) is 0 Å². The van der Waals surface area contributed by atoms with Crippen LogP contribution in [0, 0.1) is 0 Å². The molecule has 0 N–H and O–H groups in total. The number of benzene rings is 3. The van der Waals surface area contributed by atoms with Crippen molar-refractivity contribution in [3.05, 3.63) is 101 Å². The van der Waals surface area contributed by atoms with Gasteiger partial charge in [0.1, 0.15) is 17.5 Å². The quantitative estimate of drug-likeness (QED) is 0.232. The van der Waals surface area contributed by atoms with Crippen molar-refractivity contribution in [2.24, 2.45) is 0 Å². The van der Waals surface area contributed by atoms with Gasteiger partial charge >= 0.3 is 5.97 Å². The van der Waals surface area contributed by atoms with E-state index in [1.807, 2.05) is 48.5 Å². The fourth-order valence-electron chi connectivity index (χ4n) is 4.67. The van der Waals surface area contributed by atoms with Crippen LogP contribution >= 0.6 is 0 Å². The Labute approximate surface area is 228 Å². The number of hydrogen-bond donors (Lipinski definition) is 0. The van der Waals surface area contributed by atoms with Crippen LogP contribution in [0.5, 0.6) is 5.75 Å². The smallest absolute Gasteiger partial charge is 0.337 e. The number of methoxy groups -OCH3 is 1. The van der Waals surface area contributed by atoms with E-state index in [9.17, 15) is 9.59 Å². The Morgan fingerprint density at radius 1 is 0.872 bits per heavy atom. The molecular weight excluding hydrogens is 492 g/mol. The second kappa shape index (κ2) is 12.0. The summed E-state index contributed by atoms with van der Waals surface area (Å²) >= 11 is 0. The zero-order valence-corrected chi connectivity index (χ0v) is 22.2. The van der Waals surface area contributed by atoms with E-state index in [2.05, 4.69) is 34.4 Å². The molecule has 0 atom stereocenters. The first-order chi connectivity index (χ1) is 19.0. The van der Waals surface area contributed by atoms with E-state index in [0.717, 1.165) is 53.9 Å². The van der Waals surface area contributed by atoms with Gasteiger partial charge in [-0.05, 0) is 66.4 Å². The van der Waals surface area contributed by atoms with Crippen LogP contribution in [0.2, 0.25) is 0 Å².